The number of urea groups is 1. The number of imide groups is 1. The fourth-order valence-electron chi connectivity index (χ4n) is 1.39. The van der Waals surface area contributed by atoms with Gasteiger partial charge in [0.25, 0.3) is 0 Å². The van der Waals surface area contributed by atoms with Gasteiger partial charge >= 0.3 is 6.03 Å². The number of hydrogen-bond acceptors (Lipinski definition) is 5. The van der Waals surface area contributed by atoms with Crippen LogP contribution in [-0.4, -0.2) is 38.8 Å². The average molecular weight is 279 g/mol. The molecule has 8 heteroatoms. The van der Waals surface area contributed by atoms with Crippen LogP contribution in [0, 0.1) is 0 Å². The first-order valence-corrected chi connectivity index (χ1v) is 6.49. The zero-order valence-electron chi connectivity index (χ0n) is 10.5. The molecule has 0 radical (unpaired) electrons. The summed E-state index contributed by atoms with van der Waals surface area (Å²) in [6, 6.07) is 5.02. The van der Waals surface area contributed by atoms with Crippen molar-refractivity contribution >= 4 is 29.3 Å². The van der Waals surface area contributed by atoms with Crippen LogP contribution in [0.15, 0.2) is 29.6 Å². The molecule has 7 nitrogen and oxygen atoms in total. The molecular weight excluding hydrogens is 266 g/mol. The standard InChI is InChI=1S/C11H13N5O2S/c1-7(9(17)13-10(18)12-2)19-11-15-14-8-5-3-4-6-16(8)11/h3-7H,1-2H3,(H2,12,13,17,18)/t7-/m1/s1. The lowest BCUT2D eigenvalue weighted by Gasteiger charge is -2.09. The summed E-state index contributed by atoms with van der Waals surface area (Å²) in [4.78, 5) is 22.8. The van der Waals surface area contributed by atoms with Gasteiger partial charge in [0.15, 0.2) is 10.8 Å². The van der Waals surface area contributed by atoms with Crippen molar-refractivity contribution in [2.75, 3.05) is 7.05 Å². The number of nitrogens with zero attached hydrogens (tertiary/aromatic N) is 3. The van der Waals surface area contributed by atoms with Crippen molar-refractivity contribution in [2.24, 2.45) is 0 Å². The predicted octanol–water partition coefficient (Wildman–Crippen LogP) is 0.665. The molecule has 0 fully saturated rings. The number of pyridine rings is 1. The summed E-state index contributed by atoms with van der Waals surface area (Å²) in [5.41, 5.74) is 0.712. The molecule has 0 spiro atoms. The average Bonchev–Trinajstić information content (AvgIpc) is 2.82. The minimum Gasteiger partial charge on any atom is -0.341 e. The van der Waals surface area contributed by atoms with Crippen LogP contribution >= 0.6 is 11.8 Å². The molecule has 19 heavy (non-hydrogen) atoms. The summed E-state index contributed by atoms with van der Waals surface area (Å²) in [6.07, 6.45) is 1.82. The lowest BCUT2D eigenvalue weighted by molar-refractivity contribution is -0.119. The summed E-state index contributed by atoms with van der Waals surface area (Å²) < 4.78 is 1.79. The number of thioether (sulfide) groups is 1. The molecule has 0 aliphatic rings. The second-order valence-corrected chi connectivity index (χ2v) is 5.05. The number of rotatable bonds is 3. The molecule has 0 aliphatic carbocycles. The van der Waals surface area contributed by atoms with E-state index in [-0.39, 0.29) is 5.91 Å². The first-order valence-electron chi connectivity index (χ1n) is 5.61. The number of carbonyl (C=O) groups is 2. The first kappa shape index (κ1) is 13.3. The Labute approximate surface area is 113 Å². The number of aromatic nitrogens is 3. The molecule has 3 amide bonds. The summed E-state index contributed by atoms with van der Waals surface area (Å²) in [6.45, 7) is 1.70. The molecule has 2 heterocycles. The highest BCUT2D eigenvalue weighted by atomic mass is 32.2. The van der Waals surface area contributed by atoms with Gasteiger partial charge in [0.2, 0.25) is 5.91 Å². The Morgan fingerprint density at radius 3 is 2.89 bits per heavy atom. The number of carbonyl (C=O) groups excluding carboxylic acids is 2. The van der Waals surface area contributed by atoms with Gasteiger partial charge in [0.05, 0.1) is 5.25 Å². The SMILES string of the molecule is CNC(=O)NC(=O)[C@@H](C)Sc1nnc2ccccn12. The van der Waals surface area contributed by atoms with Crippen molar-refractivity contribution in [1.29, 1.82) is 0 Å². The minimum absolute atomic E-state index is 0.378. The van der Waals surface area contributed by atoms with Crippen LogP contribution in [0.4, 0.5) is 4.79 Å². The van der Waals surface area contributed by atoms with Crippen molar-refractivity contribution in [3.05, 3.63) is 24.4 Å². The number of amides is 3. The molecule has 2 aromatic rings. The fourth-order valence-corrected chi connectivity index (χ4v) is 2.23. The van der Waals surface area contributed by atoms with Crippen LogP contribution in [0.5, 0.6) is 0 Å². The van der Waals surface area contributed by atoms with Crippen LogP contribution in [0.25, 0.3) is 5.65 Å². The molecule has 1 atom stereocenters. The van der Waals surface area contributed by atoms with Crippen molar-refractivity contribution in [1.82, 2.24) is 25.2 Å². The molecule has 2 N–H and O–H groups in total. The van der Waals surface area contributed by atoms with E-state index in [0.717, 1.165) is 0 Å². The van der Waals surface area contributed by atoms with E-state index in [9.17, 15) is 9.59 Å². The van der Waals surface area contributed by atoms with Crippen LogP contribution in [-0.2, 0) is 4.79 Å². The lowest BCUT2D eigenvalue weighted by Crippen LogP contribution is -2.41. The molecule has 0 bridgehead atoms. The second kappa shape index (κ2) is 5.70. The van der Waals surface area contributed by atoms with Crippen LogP contribution in [0.1, 0.15) is 6.92 Å². The van der Waals surface area contributed by atoms with Gasteiger partial charge in [0.1, 0.15) is 0 Å². The maximum absolute atomic E-state index is 11.7. The normalized spacial score (nSPS) is 12.1. The van der Waals surface area contributed by atoms with Gasteiger partial charge in [-0.3, -0.25) is 14.5 Å². The molecule has 0 saturated heterocycles. The van der Waals surface area contributed by atoms with E-state index in [0.29, 0.717) is 10.8 Å². The highest BCUT2D eigenvalue weighted by molar-refractivity contribution is 8.00. The van der Waals surface area contributed by atoms with Gasteiger partial charge in [-0.25, -0.2) is 4.79 Å². The molecule has 0 saturated carbocycles. The van der Waals surface area contributed by atoms with Gasteiger partial charge in [-0.15, -0.1) is 10.2 Å². The molecule has 100 valence electrons. The predicted molar refractivity (Wildman–Crippen MR) is 70.9 cm³/mol. The van der Waals surface area contributed by atoms with E-state index < -0.39 is 11.3 Å². The van der Waals surface area contributed by atoms with E-state index in [1.54, 1.807) is 11.3 Å². The maximum Gasteiger partial charge on any atom is 0.321 e. The smallest absolute Gasteiger partial charge is 0.321 e. The highest BCUT2D eigenvalue weighted by Crippen LogP contribution is 2.21. The van der Waals surface area contributed by atoms with Crippen molar-refractivity contribution in [2.45, 2.75) is 17.3 Å². The highest BCUT2D eigenvalue weighted by Gasteiger charge is 2.19. The Morgan fingerprint density at radius 1 is 1.37 bits per heavy atom. The number of fused-ring (bicyclic) bond motifs is 1. The van der Waals surface area contributed by atoms with Crippen LogP contribution in [0.2, 0.25) is 0 Å². The molecular formula is C11H13N5O2S. The first-order chi connectivity index (χ1) is 9.11. The van der Waals surface area contributed by atoms with Crippen molar-refractivity contribution in [3.8, 4) is 0 Å². The quantitative estimate of drug-likeness (QED) is 0.806. The molecule has 0 aromatic carbocycles. The largest absolute Gasteiger partial charge is 0.341 e. The third-order valence-corrected chi connectivity index (χ3v) is 3.45. The van der Waals surface area contributed by atoms with Gasteiger partial charge in [-0.1, -0.05) is 17.8 Å². The molecule has 2 aromatic heterocycles. The Kier molecular flexibility index (Phi) is 4.00. The van der Waals surface area contributed by atoms with E-state index in [4.69, 9.17) is 0 Å². The van der Waals surface area contributed by atoms with Crippen molar-refractivity contribution in [3.63, 3.8) is 0 Å². The molecule has 2 rings (SSSR count). The van der Waals surface area contributed by atoms with E-state index in [1.165, 1.54) is 18.8 Å². The Balaban J connectivity index is 2.08. The van der Waals surface area contributed by atoms with Gasteiger partial charge in [-0.2, -0.15) is 0 Å². The fraction of sp³-hybridized carbons (Fsp3) is 0.273. The topological polar surface area (TPSA) is 88.4 Å². The van der Waals surface area contributed by atoms with E-state index >= 15 is 0 Å². The summed E-state index contributed by atoms with van der Waals surface area (Å²) in [5, 5.41) is 12.7. The second-order valence-electron chi connectivity index (χ2n) is 3.74. The summed E-state index contributed by atoms with van der Waals surface area (Å²) >= 11 is 1.24. The molecule has 0 unspecified atom stereocenters. The number of nitrogens with one attached hydrogen (secondary N) is 2. The van der Waals surface area contributed by atoms with Gasteiger partial charge in [-0.05, 0) is 19.1 Å². The third-order valence-electron chi connectivity index (χ3n) is 2.40. The van der Waals surface area contributed by atoms with Gasteiger partial charge < -0.3 is 5.32 Å². The Bertz CT molecular complexity index is 612. The lowest BCUT2D eigenvalue weighted by atomic mass is 10.4. The minimum atomic E-state index is -0.524. The summed E-state index contributed by atoms with van der Waals surface area (Å²) in [5.74, 6) is -0.378. The van der Waals surface area contributed by atoms with Gasteiger partial charge in [0, 0.05) is 13.2 Å². The molecule has 0 aliphatic heterocycles. The van der Waals surface area contributed by atoms with Crippen LogP contribution < -0.4 is 10.6 Å². The Morgan fingerprint density at radius 2 is 2.16 bits per heavy atom. The maximum atomic E-state index is 11.7. The Hall–Kier alpha value is -2.09. The zero-order valence-corrected chi connectivity index (χ0v) is 11.3. The van der Waals surface area contributed by atoms with E-state index in [2.05, 4.69) is 20.8 Å². The van der Waals surface area contributed by atoms with Crippen LogP contribution in [0.3, 0.4) is 0 Å². The van der Waals surface area contributed by atoms with E-state index in [1.807, 2.05) is 24.4 Å². The summed E-state index contributed by atoms with van der Waals surface area (Å²) in [7, 11) is 1.45. The zero-order chi connectivity index (χ0) is 13.8. The third kappa shape index (κ3) is 3.02. The number of hydrogen-bond donors (Lipinski definition) is 2. The monoisotopic (exact) mass is 279 g/mol. The van der Waals surface area contributed by atoms with Crippen molar-refractivity contribution < 1.29 is 9.59 Å².